The van der Waals surface area contributed by atoms with Crippen molar-refractivity contribution in [2.24, 2.45) is 0 Å². The average molecular weight is 258 g/mol. The molecular weight excluding hydrogens is 239 g/mol. The standard InChI is InChI=1S/C16H19FN2/c1-3-19(11-13-7-5-4-6-12(13)2)16-9-8-14(17)10-15(16)18/h4-10H,3,11,18H2,1-2H3. The van der Waals surface area contributed by atoms with Gasteiger partial charge < -0.3 is 10.6 Å². The Hall–Kier alpha value is -2.03. The number of benzene rings is 2. The third kappa shape index (κ3) is 3.05. The smallest absolute Gasteiger partial charge is 0.125 e. The van der Waals surface area contributed by atoms with Gasteiger partial charge in [0.1, 0.15) is 5.82 Å². The van der Waals surface area contributed by atoms with E-state index in [0.29, 0.717) is 5.69 Å². The Kier molecular flexibility index (Phi) is 4.05. The van der Waals surface area contributed by atoms with E-state index in [1.165, 1.54) is 23.3 Å². The summed E-state index contributed by atoms with van der Waals surface area (Å²) in [6.45, 7) is 5.77. The number of hydrogen-bond donors (Lipinski definition) is 1. The maximum atomic E-state index is 13.1. The molecule has 2 nitrogen and oxygen atoms in total. The molecule has 2 aromatic rings. The van der Waals surface area contributed by atoms with Gasteiger partial charge in [0, 0.05) is 13.1 Å². The molecule has 19 heavy (non-hydrogen) atoms. The maximum absolute atomic E-state index is 13.1. The van der Waals surface area contributed by atoms with E-state index in [0.717, 1.165) is 18.8 Å². The molecule has 0 aromatic heterocycles. The maximum Gasteiger partial charge on any atom is 0.125 e. The van der Waals surface area contributed by atoms with Crippen LogP contribution in [-0.2, 0) is 6.54 Å². The van der Waals surface area contributed by atoms with Gasteiger partial charge in [0.25, 0.3) is 0 Å². The number of aryl methyl sites for hydroxylation is 1. The SMILES string of the molecule is CCN(Cc1ccccc1C)c1ccc(F)cc1N. The Morgan fingerprint density at radius 1 is 1.16 bits per heavy atom. The van der Waals surface area contributed by atoms with E-state index in [1.807, 2.05) is 12.1 Å². The summed E-state index contributed by atoms with van der Waals surface area (Å²) >= 11 is 0. The van der Waals surface area contributed by atoms with Gasteiger partial charge in [-0.05, 0) is 43.2 Å². The van der Waals surface area contributed by atoms with Gasteiger partial charge in [-0.1, -0.05) is 24.3 Å². The van der Waals surface area contributed by atoms with E-state index in [-0.39, 0.29) is 5.82 Å². The van der Waals surface area contributed by atoms with Gasteiger partial charge in [-0.3, -0.25) is 0 Å². The van der Waals surface area contributed by atoms with Crippen LogP contribution in [0, 0.1) is 12.7 Å². The van der Waals surface area contributed by atoms with E-state index in [9.17, 15) is 4.39 Å². The molecule has 0 heterocycles. The summed E-state index contributed by atoms with van der Waals surface area (Å²) < 4.78 is 13.1. The van der Waals surface area contributed by atoms with Crippen LogP contribution in [0.15, 0.2) is 42.5 Å². The highest BCUT2D eigenvalue weighted by Gasteiger charge is 2.10. The molecular formula is C16H19FN2. The van der Waals surface area contributed by atoms with Crippen LogP contribution in [0.2, 0.25) is 0 Å². The number of nitrogens with two attached hydrogens (primary N) is 1. The summed E-state index contributed by atoms with van der Waals surface area (Å²) in [5.41, 5.74) is 9.78. The molecule has 0 unspecified atom stereocenters. The van der Waals surface area contributed by atoms with Crippen LogP contribution in [-0.4, -0.2) is 6.54 Å². The highest BCUT2D eigenvalue weighted by atomic mass is 19.1. The second-order valence-corrected chi connectivity index (χ2v) is 4.64. The van der Waals surface area contributed by atoms with Crippen LogP contribution in [0.3, 0.4) is 0 Å². The van der Waals surface area contributed by atoms with Gasteiger partial charge in [-0.25, -0.2) is 4.39 Å². The first-order valence-corrected chi connectivity index (χ1v) is 6.46. The zero-order valence-electron chi connectivity index (χ0n) is 11.4. The Bertz CT molecular complexity index is 566. The summed E-state index contributed by atoms with van der Waals surface area (Å²) in [6.07, 6.45) is 0. The summed E-state index contributed by atoms with van der Waals surface area (Å²) in [4.78, 5) is 2.15. The van der Waals surface area contributed by atoms with Crippen molar-refractivity contribution in [2.75, 3.05) is 17.2 Å². The van der Waals surface area contributed by atoms with Crippen molar-refractivity contribution in [2.45, 2.75) is 20.4 Å². The van der Waals surface area contributed by atoms with Crippen molar-refractivity contribution in [3.05, 3.63) is 59.4 Å². The van der Waals surface area contributed by atoms with Crippen LogP contribution in [0.25, 0.3) is 0 Å². The molecule has 2 N–H and O–H groups in total. The molecule has 0 spiro atoms. The lowest BCUT2D eigenvalue weighted by Crippen LogP contribution is -2.23. The van der Waals surface area contributed by atoms with Crippen LogP contribution < -0.4 is 10.6 Å². The Morgan fingerprint density at radius 2 is 1.89 bits per heavy atom. The van der Waals surface area contributed by atoms with Gasteiger partial charge in [0.2, 0.25) is 0 Å². The second kappa shape index (κ2) is 5.74. The summed E-state index contributed by atoms with van der Waals surface area (Å²) in [7, 11) is 0. The van der Waals surface area contributed by atoms with Gasteiger partial charge in [0.15, 0.2) is 0 Å². The quantitative estimate of drug-likeness (QED) is 0.846. The van der Waals surface area contributed by atoms with Gasteiger partial charge in [-0.15, -0.1) is 0 Å². The molecule has 0 aliphatic carbocycles. The molecule has 0 saturated heterocycles. The third-order valence-corrected chi connectivity index (χ3v) is 3.33. The zero-order chi connectivity index (χ0) is 13.8. The van der Waals surface area contributed by atoms with Crippen molar-refractivity contribution >= 4 is 11.4 Å². The van der Waals surface area contributed by atoms with E-state index in [4.69, 9.17) is 5.73 Å². The fourth-order valence-electron chi connectivity index (χ4n) is 2.17. The Labute approximate surface area is 113 Å². The molecule has 0 radical (unpaired) electrons. The molecule has 100 valence electrons. The van der Waals surface area contributed by atoms with E-state index >= 15 is 0 Å². The minimum atomic E-state index is -0.298. The van der Waals surface area contributed by atoms with E-state index in [1.54, 1.807) is 6.07 Å². The van der Waals surface area contributed by atoms with Crippen molar-refractivity contribution in [1.82, 2.24) is 0 Å². The Balaban J connectivity index is 2.28. The number of anilines is 2. The molecule has 0 atom stereocenters. The number of nitrogens with zero attached hydrogens (tertiary/aromatic N) is 1. The fourth-order valence-corrected chi connectivity index (χ4v) is 2.17. The molecule has 0 aliphatic rings. The first-order chi connectivity index (χ1) is 9.11. The monoisotopic (exact) mass is 258 g/mol. The minimum absolute atomic E-state index is 0.298. The third-order valence-electron chi connectivity index (χ3n) is 3.33. The molecule has 0 bridgehead atoms. The molecule has 0 aliphatic heterocycles. The first kappa shape index (κ1) is 13.4. The highest BCUT2D eigenvalue weighted by molar-refractivity contribution is 5.67. The lowest BCUT2D eigenvalue weighted by atomic mass is 10.1. The van der Waals surface area contributed by atoms with Crippen molar-refractivity contribution < 1.29 is 4.39 Å². The zero-order valence-corrected chi connectivity index (χ0v) is 11.4. The van der Waals surface area contributed by atoms with E-state index in [2.05, 4.69) is 30.9 Å². The second-order valence-electron chi connectivity index (χ2n) is 4.64. The topological polar surface area (TPSA) is 29.3 Å². The molecule has 0 fully saturated rings. The largest absolute Gasteiger partial charge is 0.397 e. The molecule has 2 rings (SSSR count). The summed E-state index contributed by atoms with van der Waals surface area (Å²) in [5.74, 6) is -0.298. The lowest BCUT2D eigenvalue weighted by molar-refractivity contribution is 0.628. The number of halogens is 1. The van der Waals surface area contributed by atoms with Crippen LogP contribution in [0.1, 0.15) is 18.1 Å². The molecule has 2 aromatic carbocycles. The van der Waals surface area contributed by atoms with E-state index < -0.39 is 0 Å². The number of rotatable bonds is 4. The van der Waals surface area contributed by atoms with Gasteiger partial charge in [-0.2, -0.15) is 0 Å². The predicted molar refractivity (Wildman–Crippen MR) is 78.7 cm³/mol. The van der Waals surface area contributed by atoms with Crippen molar-refractivity contribution in [3.63, 3.8) is 0 Å². The van der Waals surface area contributed by atoms with Crippen molar-refractivity contribution in [3.8, 4) is 0 Å². The normalized spacial score (nSPS) is 10.5. The van der Waals surface area contributed by atoms with Crippen LogP contribution in [0.5, 0.6) is 0 Å². The van der Waals surface area contributed by atoms with Gasteiger partial charge >= 0.3 is 0 Å². The Morgan fingerprint density at radius 3 is 2.53 bits per heavy atom. The molecule has 0 saturated carbocycles. The summed E-state index contributed by atoms with van der Waals surface area (Å²) in [5, 5.41) is 0. The highest BCUT2D eigenvalue weighted by Crippen LogP contribution is 2.25. The molecule has 3 heteroatoms. The van der Waals surface area contributed by atoms with Crippen LogP contribution in [0.4, 0.5) is 15.8 Å². The fraction of sp³-hybridized carbons (Fsp3) is 0.250. The molecule has 0 amide bonds. The lowest BCUT2D eigenvalue weighted by Gasteiger charge is -2.25. The number of nitrogen functional groups attached to an aromatic ring is 1. The van der Waals surface area contributed by atoms with Gasteiger partial charge in [0.05, 0.1) is 11.4 Å². The average Bonchev–Trinajstić information content (AvgIpc) is 2.39. The minimum Gasteiger partial charge on any atom is -0.397 e. The van der Waals surface area contributed by atoms with Crippen LogP contribution >= 0.6 is 0 Å². The summed E-state index contributed by atoms with van der Waals surface area (Å²) in [6, 6.07) is 12.8. The first-order valence-electron chi connectivity index (χ1n) is 6.46. The number of hydrogen-bond acceptors (Lipinski definition) is 2. The van der Waals surface area contributed by atoms with Crippen molar-refractivity contribution in [1.29, 1.82) is 0 Å². The predicted octanol–water partition coefficient (Wildman–Crippen LogP) is 3.74.